The van der Waals surface area contributed by atoms with Crippen molar-refractivity contribution >= 4 is 11.6 Å². The third-order valence-electron chi connectivity index (χ3n) is 1.95. The maximum atomic E-state index is 9.70. The first kappa shape index (κ1) is 12.6. The van der Waals surface area contributed by atoms with Gasteiger partial charge >= 0.3 is 0 Å². The molecule has 84 valence electrons. The van der Waals surface area contributed by atoms with Crippen LogP contribution in [0, 0.1) is 6.07 Å². The van der Waals surface area contributed by atoms with Gasteiger partial charge in [0.15, 0.2) is 0 Å². The van der Waals surface area contributed by atoms with E-state index in [4.69, 9.17) is 0 Å². The molecule has 0 radical (unpaired) electrons. The quantitative estimate of drug-likeness (QED) is 0.393. The van der Waals surface area contributed by atoms with Crippen LogP contribution >= 0.6 is 0 Å². The minimum atomic E-state index is 0. The summed E-state index contributed by atoms with van der Waals surface area (Å²) in [7, 11) is 0. The van der Waals surface area contributed by atoms with Crippen molar-refractivity contribution in [3.63, 3.8) is 0 Å². The van der Waals surface area contributed by atoms with Crippen molar-refractivity contribution in [3.05, 3.63) is 66.2 Å². The number of hydrogen-bond donors (Lipinski definition) is 1. The number of nitrogens with zero attached hydrogens (tertiary/aromatic N) is 1. The van der Waals surface area contributed by atoms with Crippen LogP contribution in [0.2, 0.25) is 0 Å². The molecule has 2 nitrogen and oxygen atoms in total. The van der Waals surface area contributed by atoms with Gasteiger partial charge < -0.3 is 5.11 Å². The van der Waals surface area contributed by atoms with Gasteiger partial charge in [-0.3, -0.25) is 0 Å². The summed E-state index contributed by atoms with van der Waals surface area (Å²) in [6, 6.07) is 19.4. The smallest absolute Gasteiger partial charge is 0.216 e. The second-order valence-corrected chi connectivity index (χ2v) is 3.05. The summed E-state index contributed by atoms with van der Waals surface area (Å²) in [6.45, 7) is 0. The fourth-order valence-electron chi connectivity index (χ4n) is 1.22. The first-order chi connectivity index (χ1) is 7.36. The Labute approximate surface area is 108 Å². The van der Waals surface area contributed by atoms with E-state index in [9.17, 15) is 5.11 Å². The van der Waals surface area contributed by atoms with Gasteiger partial charge in [0.25, 0.3) is 0 Å². The van der Waals surface area contributed by atoms with Gasteiger partial charge in [0.05, 0.1) is 0 Å². The molecule has 0 spiro atoms. The molecule has 0 atom stereocenters. The van der Waals surface area contributed by atoms with Gasteiger partial charge in [-0.25, -0.2) is 4.99 Å². The molecule has 0 aromatic heterocycles. The summed E-state index contributed by atoms with van der Waals surface area (Å²) >= 11 is 0. The minimum Gasteiger partial charge on any atom is -0.493 e. The van der Waals surface area contributed by atoms with Crippen LogP contribution in [0.25, 0.3) is 0 Å². The van der Waals surface area contributed by atoms with Gasteiger partial charge in [-0.2, -0.15) is 24.3 Å². The van der Waals surface area contributed by atoms with Crippen molar-refractivity contribution in [2.75, 3.05) is 0 Å². The standard InChI is InChI=1S/C13H10NO.Pd/c15-13(11-7-3-1-4-8-11)14-12-9-5-2-6-10-12;/h1-9H,(H,14,15);/q-1;. The summed E-state index contributed by atoms with van der Waals surface area (Å²) < 4.78 is 0. The van der Waals surface area contributed by atoms with Crippen LogP contribution in [0.5, 0.6) is 0 Å². The molecule has 16 heavy (non-hydrogen) atoms. The van der Waals surface area contributed by atoms with Crippen molar-refractivity contribution < 1.29 is 25.5 Å². The van der Waals surface area contributed by atoms with Crippen molar-refractivity contribution in [2.24, 2.45) is 4.99 Å². The predicted octanol–water partition coefficient (Wildman–Crippen LogP) is 3.12. The maximum Gasteiger partial charge on any atom is 0.216 e. The Morgan fingerprint density at radius 3 is 2.31 bits per heavy atom. The van der Waals surface area contributed by atoms with Crippen LogP contribution in [0.3, 0.4) is 0 Å². The van der Waals surface area contributed by atoms with E-state index in [1.807, 2.05) is 42.5 Å². The predicted molar refractivity (Wildman–Crippen MR) is 60.5 cm³/mol. The van der Waals surface area contributed by atoms with E-state index < -0.39 is 0 Å². The van der Waals surface area contributed by atoms with Gasteiger partial charge in [-0.05, 0) is 17.8 Å². The van der Waals surface area contributed by atoms with E-state index in [0.29, 0.717) is 11.3 Å². The number of aliphatic hydroxyl groups excluding tert-OH is 1. The Bertz CT molecular complexity index is 454. The molecule has 0 heterocycles. The number of aliphatic hydroxyl groups is 1. The van der Waals surface area contributed by atoms with Gasteiger partial charge in [0.1, 0.15) is 0 Å². The van der Waals surface area contributed by atoms with Crippen molar-refractivity contribution in [1.82, 2.24) is 0 Å². The molecule has 0 unspecified atom stereocenters. The average molecular weight is 303 g/mol. The molecule has 0 bridgehead atoms. The molecular weight excluding hydrogens is 293 g/mol. The van der Waals surface area contributed by atoms with Crippen LogP contribution in [-0.4, -0.2) is 11.0 Å². The van der Waals surface area contributed by atoms with Crippen LogP contribution in [0.1, 0.15) is 5.56 Å². The van der Waals surface area contributed by atoms with E-state index >= 15 is 0 Å². The molecule has 1 N–H and O–H groups in total. The molecule has 0 saturated heterocycles. The Morgan fingerprint density at radius 2 is 1.69 bits per heavy atom. The molecule has 2 rings (SSSR count). The first-order valence-corrected chi connectivity index (χ1v) is 4.66. The summed E-state index contributed by atoms with van der Waals surface area (Å²) in [5, 5.41) is 9.70. The van der Waals surface area contributed by atoms with Crippen LogP contribution in [0.4, 0.5) is 5.69 Å². The molecule has 0 fully saturated rings. The zero-order chi connectivity index (χ0) is 10.5. The molecule has 0 aliphatic carbocycles. The van der Waals surface area contributed by atoms with E-state index in [2.05, 4.69) is 11.1 Å². The Kier molecular flexibility index (Phi) is 4.91. The molecular formula is C13H10NOPd-. The van der Waals surface area contributed by atoms with Gasteiger partial charge in [0.2, 0.25) is 5.90 Å². The Morgan fingerprint density at radius 1 is 1.00 bits per heavy atom. The van der Waals surface area contributed by atoms with Crippen LogP contribution in [0.15, 0.2) is 59.6 Å². The normalized spacial score (nSPS) is 10.6. The van der Waals surface area contributed by atoms with E-state index in [-0.39, 0.29) is 26.3 Å². The minimum absolute atomic E-state index is 0. The zero-order valence-corrected chi connectivity index (χ0v) is 9.96. The average Bonchev–Trinajstić information content (AvgIpc) is 2.31. The van der Waals surface area contributed by atoms with E-state index in [1.54, 1.807) is 12.1 Å². The van der Waals surface area contributed by atoms with Gasteiger partial charge in [-0.15, -0.1) is 6.07 Å². The second-order valence-electron chi connectivity index (χ2n) is 3.05. The fourth-order valence-corrected chi connectivity index (χ4v) is 1.22. The maximum absolute atomic E-state index is 9.70. The van der Waals surface area contributed by atoms with Gasteiger partial charge in [0, 0.05) is 26.0 Å². The summed E-state index contributed by atoms with van der Waals surface area (Å²) in [5.74, 6) is 0.0121. The molecule has 0 aliphatic rings. The number of benzene rings is 2. The van der Waals surface area contributed by atoms with E-state index in [1.165, 1.54) is 0 Å². The fraction of sp³-hybridized carbons (Fsp3) is 0. The summed E-state index contributed by atoms with van der Waals surface area (Å²) in [4.78, 5) is 4.05. The number of aliphatic imine (C=N–C) groups is 1. The van der Waals surface area contributed by atoms with Crippen LogP contribution in [-0.2, 0) is 20.4 Å². The number of para-hydroxylation sites is 1. The largest absolute Gasteiger partial charge is 0.493 e. The van der Waals surface area contributed by atoms with Gasteiger partial charge in [-0.1, -0.05) is 18.2 Å². The molecule has 0 saturated carbocycles. The molecule has 2 aromatic carbocycles. The summed E-state index contributed by atoms with van der Waals surface area (Å²) in [6.07, 6.45) is 0. The van der Waals surface area contributed by atoms with Crippen molar-refractivity contribution in [2.45, 2.75) is 0 Å². The SMILES string of the molecule is OC(=Nc1[c-]cccc1)c1ccccc1.[Pd]. The third kappa shape index (κ3) is 3.30. The third-order valence-corrected chi connectivity index (χ3v) is 1.95. The first-order valence-electron chi connectivity index (χ1n) is 4.66. The van der Waals surface area contributed by atoms with Crippen molar-refractivity contribution in [1.29, 1.82) is 0 Å². The molecule has 0 aliphatic heterocycles. The number of rotatable bonds is 2. The Hall–Kier alpha value is -1.43. The van der Waals surface area contributed by atoms with Crippen LogP contribution < -0.4 is 0 Å². The molecule has 2 aromatic rings. The second kappa shape index (κ2) is 6.22. The topological polar surface area (TPSA) is 32.6 Å². The van der Waals surface area contributed by atoms with E-state index in [0.717, 1.165) is 0 Å². The monoisotopic (exact) mass is 302 g/mol. The molecule has 0 amide bonds. The summed E-state index contributed by atoms with van der Waals surface area (Å²) in [5.41, 5.74) is 1.33. The zero-order valence-electron chi connectivity index (χ0n) is 8.41. The van der Waals surface area contributed by atoms with Crippen molar-refractivity contribution in [3.8, 4) is 0 Å². The number of hydrogen-bond acceptors (Lipinski definition) is 1. The molecule has 3 heteroatoms. The Balaban J connectivity index is 0.00000128.